The van der Waals surface area contributed by atoms with Crippen LogP contribution < -0.4 is 0 Å². The number of nitrogens with zero attached hydrogens (tertiary/aromatic N) is 2. The average Bonchev–Trinajstić information content (AvgIpc) is 2.63. The van der Waals surface area contributed by atoms with E-state index in [1.165, 1.54) is 25.7 Å². The molecule has 1 heterocycles. The zero-order valence-electron chi connectivity index (χ0n) is 8.25. The molecule has 3 heteroatoms. The van der Waals surface area contributed by atoms with E-state index in [4.69, 9.17) is 0 Å². The third-order valence-electron chi connectivity index (χ3n) is 2.66. The van der Waals surface area contributed by atoms with Crippen LogP contribution >= 0.6 is 15.9 Å². The van der Waals surface area contributed by atoms with Crippen LogP contribution in [-0.4, -0.2) is 9.78 Å². The second-order valence-electron chi connectivity index (χ2n) is 3.76. The highest BCUT2D eigenvalue weighted by molar-refractivity contribution is 9.10. The van der Waals surface area contributed by atoms with E-state index in [0.29, 0.717) is 0 Å². The molecule has 0 saturated heterocycles. The average molecular weight is 255 g/mol. The highest BCUT2D eigenvalue weighted by atomic mass is 79.9. The number of aromatic nitrogens is 2. The van der Waals surface area contributed by atoms with Gasteiger partial charge in [-0.2, -0.15) is 5.10 Å². The fourth-order valence-corrected chi connectivity index (χ4v) is 2.17. The molecule has 1 aromatic rings. The monoisotopic (exact) mass is 254 g/mol. The summed E-state index contributed by atoms with van der Waals surface area (Å²) in [4.78, 5) is 0. The largest absolute Gasteiger partial charge is 0.271 e. The number of hydrogen-bond donors (Lipinski definition) is 0. The maximum absolute atomic E-state index is 4.30. The SMILES string of the molecule is Brc1ccn(CCC2=CCCCC2)n1. The van der Waals surface area contributed by atoms with Crippen molar-refractivity contribution < 1.29 is 0 Å². The van der Waals surface area contributed by atoms with Crippen molar-refractivity contribution in [1.29, 1.82) is 0 Å². The van der Waals surface area contributed by atoms with Crippen LogP contribution in [0.4, 0.5) is 0 Å². The van der Waals surface area contributed by atoms with Crippen LogP contribution in [0.5, 0.6) is 0 Å². The van der Waals surface area contributed by atoms with E-state index in [0.717, 1.165) is 17.6 Å². The number of halogens is 1. The first-order valence-electron chi connectivity index (χ1n) is 5.21. The Kier molecular flexibility index (Phi) is 3.40. The van der Waals surface area contributed by atoms with Gasteiger partial charge in [0.25, 0.3) is 0 Å². The lowest BCUT2D eigenvalue weighted by molar-refractivity contribution is 0.580. The first-order chi connectivity index (χ1) is 6.84. The number of aryl methyl sites for hydroxylation is 1. The fourth-order valence-electron chi connectivity index (χ4n) is 1.85. The van der Waals surface area contributed by atoms with Crippen LogP contribution in [0.25, 0.3) is 0 Å². The zero-order valence-corrected chi connectivity index (χ0v) is 9.83. The van der Waals surface area contributed by atoms with E-state index in [1.54, 1.807) is 5.57 Å². The van der Waals surface area contributed by atoms with Crippen molar-refractivity contribution in [1.82, 2.24) is 9.78 Å². The summed E-state index contributed by atoms with van der Waals surface area (Å²) in [6.45, 7) is 1.01. The Labute approximate surface area is 93.1 Å². The van der Waals surface area contributed by atoms with Gasteiger partial charge in [0.2, 0.25) is 0 Å². The van der Waals surface area contributed by atoms with Crippen LogP contribution in [0.15, 0.2) is 28.5 Å². The molecular weight excluding hydrogens is 240 g/mol. The standard InChI is InChI=1S/C11H15BrN2/c12-11-7-9-14(13-11)8-6-10-4-2-1-3-5-10/h4,7,9H,1-3,5-6,8H2. The summed E-state index contributed by atoms with van der Waals surface area (Å²) in [5.41, 5.74) is 1.61. The summed E-state index contributed by atoms with van der Waals surface area (Å²) in [5.74, 6) is 0. The van der Waals surface area contributed by atoms with Gasteiger partial charge in [0.05, 0.1) is 0 Å². The summed E-state index contributed by atoms with van der Waals surface area (Å²) >= 11 is 3.35. The molecule has 0 unspecified atom stereocenters. The van der Waals surface area contributed by atoms with E-state index in [1.807, 2.05) is 16.9 Å². The molecular formula is C11H15BrN2. The highest BCUT2D eigenvalue weighted by Gasteiger charge is 2.03. The molecule has 0 N–H and O–H groups in total. The number of allylic oxidation sites excluding steroid dienone is 2. The lowest BCUT2D eigenvalue weighted by atomic mass is 9.97. The van der Waals surface area contributed by atoms with E-state index in [2.05, 4.69) is 27.1 Å². The van der Waals surface area contributed by atoms with Gasteiger partial charge in [0.1, 0.15) is 4.60 Å². The Morgan fingerprint density at radius 2 is 2.36 bits per heavy atom. The van der Waals surface area contributed by atoms with Crippen LogP contribution in [0, 0.1) is 0 Å². The van der Waals surface area contributed by atoms with Gasteiger partial charge in [-0.15, -0.1) is 0 Å². The first kappa shape index (κ1) is 9.97. The molecule has 0 aromatic carbocycles. The van der Waals surface area contributed by atoms with Crippen LogP contribution in [0.3, 0.4) is 0 Å². The van der Waals surface area contributed by atoms with Crippen molar-refractivity contribution in [2.45, 2.75) is 38.6 Å². The molecule has 0 fully saturated rings. The molecule has 0 spiro atoms. The van der Waals surface area contributed by atoms with Crippen molar-refractivity contribution in [3.05, 3.63) is 28.5 Å². The smallest absolute Gasteiger partial charge is 0.128 e. The van der Waals surface area contributed by atoms with Gasteiger partial charge in [0.15, 0.2) is 0 Å². The minimum atomic E-state index is 0.926. The molecule has 1 aliphatic carbocycles. The van der Waals surface area contributed by atoms with Crippen molar-refractivity contribution in [3.8, 4) is 0 Å². The molecule has 0 saturated carbocycles. The maximum Gasteiger partial charge on any atom is 0.128 e. The predicted octanol–water partition coefficient (Wildman–Crippen LogP) is 3.54. The third kappa shape index (κ3) is 2.71. The number of rotatable bonds is 3. The lowest BCUT2D eigenvalue weighted by Gasteiger charge is -2.12. The second-order valence-corrected chi connectivity index (χ2v) is 4.57. The van der Waals surface area contributed by atoms with Gasteiger partial charge in [-0.1, -0.05) is 11.6 Å². The Morgan fingerprint density at radius 1 is 1.43 bits per heavy atom. The van der Waals surface area contributed by atoms with Crippen LogP contribution in [0.2, 0.25) is 0 Å². The van der Waals surface area contributed by atoms with Crippen molar-refractivity contribution in [3.63, 3.8) is 0 Å². The zero-order chi connectivity index (χ0) is 9.80. The first-order valence-corrected chi connectivity index (χ1v) is 6.01. The Bertz CT molecular complexity index is 328. The minimum Gasteiger partial charge on any atom is -0.271 e. The van der Waals surface area contributed by atoms with Gasteiger partial charge < -0.3 is 0 Å². The molecule has 1 aromatic heterocycles. The predicted molar refractivity (Wildman–Crippen MR) is 61.1 cm³/mol. The minimum absolute atomic E-state index is 0.926. The molecule has 0 atom stereocenters. The fraction of sp³-hybridized carbons (Fsp3) is 0.545. The highest BCUT2D eigenvalue weighted by Crippen LogP contribution is 2.20. The molecule has 2 nitrogen and oxygen atoms in total. The van der Waals surface area contributed by atoms with E-state index < -0.39 is 0 Å². The van der Waals surface area contributed by atoms with Gasteiger partial charge in [0, 0.05) is 12.7 Å². The lowest BCUT2D eigenvalue weighted by Crippen LogP contribution is -2.01. The Morgan fingerprint density at radius 3 is 3.00 bits per heavy atom. The van der Waals surface area contributed by atoms with Gasteiger partial charge in [-0.25, -0.2) is 0 Å². The molecule has 0 aliphatic heterocycles. The normalized spacial score (nSPS) is 16.8. The van der Waals surface area contributed by atoms with Crippen molar-refractivity contribution in [2.24, 2.45) is 0 Å². The quantitative estimate of drug-likeness (QED) is 0.755. The molecule has 2 rings (SSSR count). The van der Waals surface area contributed by atoms with Gasteiger partial charge >= 0.3 is 0 Å². The molecule has 1 aliphatic rings. The summed E-state index contributed by atoms with van der Waals surface area (Å²) in [6, 6.07) is 1.98. The Balaban J connectivity index is 1.84. The summed E-state index contributed by atoms with van der Waals surface area (Å²) in [6.07, 6.45) is 10.9. The topological polar surface area (TPSA) is 17.8 Å². The number of hydrogen-bond acceptors (Lipinski definition) is 1. The van der Waals surface area contributed by atoms with E-state index in [9.17, 15) is 0 Å². The summed E-state index contributed by atoms with van der Waals surface area (Å²) in [7, 11) is 0. The summed E-state index contributed by atoms with van der Waals surface area (Å²) in [5, 5.41) is 4.30. The maximum atomic E-state index is 4.30. The van der Waals surface area contributed by atoms with Crippen LogP contribution in [0.1, 0.15) is 32.1 Å². The molecule has 0 amide bonds. The Hall–Kier alpha value is -0.570. The summed E-state index contributed by atoms with van der Waals surface area (Å²) < 4.78 is 2.93. The second kappa shape index (κ2) is 4.78. The molecule has 0 bridgehead atoms. The van der Waals surface area contributed by atoms with Crippen molar-refractivity contribution >= 4 is 15.9 Å². The van der Waals surface area contributed by atoms with Gasteiger partial charge in [-0.3, -0.25) is 4.68 Å². The molecule has 76 valence electrons. The molecule has 0 radical (unpaired) electrons. The van der Waals surface area contributed by atoms with Crippen LogP contribution in [-0.2, 0) is 6.54 Å². The van der Waals surface area contributed by atoms with E-state index >= 15 is 0 Å². The molecule has 14 heavy (non-hydrogen) atoms. The van der Waals surface area contributed by atoms with Crippen molar-refractivity contribution in [2.75, 3.05) is 0 Å². The third-order valence-corrected chi connectivity index (χ3v) is 3.08. The van der Waals surface area contributed by atoms with Gasteiger partial charge in [-0.05, 0) is 54.1 Å². The van der Waals surface area contributed by atoms with E-state index in [-0.39, 0.29) is 0 Å².